The number of ether oxygens (including phenoxy) is 1. The van der Waals surface area contributed by atoms with E-state index >= 15 is 0 Å². The molecule has 0 N–H and O–H groups in total. The normalized spacial score (nSPS) is 16.9. The second kappa shape index (κ2) is 6.02. The molecule has 0 bridgehead atoms. The molecule has 0 saturated carbocycles. The maximum Gasteiger partial charge on any atom is 0.341 e. The second-order valence-electron chi connectivity index (χ2n) is 6.59. The second-order valence-corrected chi connectivity index (χ2v) is 6.59. The van der Waals surface area contributed by atoms with Gasteiger partial charge in [-0.1, -0.05) is 20.8 Å². The number of rotatable bonds is 2. The van der Waals surface area contributed by atoms with Crippen molar-refractivity contribution in [1.82, 2.24) is 9.88 Å². The highest BCUT2D eigenvalue weighted by molar-refractivity contribution is 5.97. The van der Waals surface area contributed by atoms with E-state index in [-0.39, 0.29) is 11.4 Å². The molecular formula is C16H25N3O2. The van der Waals surface area contributed by atoms with Crippen molar-refractivity contribution in [2.75, 3.05) is 45.2 Å². The highest BCUT2D eigenvalue weighted by atomic mass is 16.5. The van der Waals surface area contributed by atoms with Gasteiger partial charge >= 0.3 is 5.97 Å². The third kappa shape index (κ3) is 3.35. The summed E-state index contributed by atoms with van der Waals surface area (Å²) in [5, 5.41) is 0. The van der Waals surface area contributed by atoms with Crippen molar-refractivity contribution >= 4 is 11.7 Å². The van der Waals surface area contributed by atoms with Gasteiger partial charge < -0.3 is 14.5 Å². The summed E-state index contributed by atoms with van der Waals surface area (Å²) in [5.41, 5.74) is 2.14. The summed E-state index contributed by atoms with van der Waals surface area (Å²) in [6, 6.07) is 1.92. The van der Waals surface area contributed by atoms with Gasteiger partial charge in [-0.3, -0.25) is 4.98 Å². The van der Waals surface area contributed by atoms with Crippen molar-refractivity contribution in [1.29, 1.82) is 0 Å². The first-order valence-electron chi connectivity index (χ1n) is 7.36. The molecule has 1 aliphatic heterocycles. The molecule has 1 aromatic heterocycles. The molecule has 0 amide bonds. The Morgan fingerprint density at radius 2 is 1.86 bits per heavy atom. The first-order chi connectivity index (χ1) is 9.84. The Kier molecular flexibility index (Phi) is 4.52. The number of carbonyl (C=O) groups is 1. The van der Waals surface area contributed by atoms with E-state index in [9.17, 15) is 4.79 Å². The fourth-order valence-electron chi connectivity index (χ4n) is 2.63. The van der Waals surface area contributed by atoms with Crippen LogP contribution in [0, 0.1) is 0 Å². The number of pyridine rings is 1. The molecule has 1 fully saturated rings. The van der Waals surface area contributed by atoms with Crippen molar-refractivity contribution in [3.8, 4) is 0 Å². The van der Waals surface area contributed by atoms with Gasteiger partial charge in [-0.15, -0.1) is 0 Å². The van der Waals surface area contributed by atoms with Crippen molar-refractivity contribution < 1.29 is 9.53 Å². The SMILES string of the molecule is COC(=O)c1c(N2CCN(C)CC2)ccnc1C(C)(C)C. The Morgan fingerprint density at radius 1 is 1.24 bits per heavy atom. The standard InChI is InChI=1S/C16H25N3O2/c1-16(2,3)14-13(15(20)21-5)12(6-7-17-14)19-10-8-18(4)9-11-19/h6-7H,8-11H2,1-5H3. The zero-order chi connectivity index (χ0) is 15.6. The molecular weight excluding hydrogens is 266 g/mol. The van der Waals surface area contributed by atoms with Gasteiger partial charge in [-0.25, -0.2) is 4.79 Å². The number of hydrogen-bond donors (Lipinski definition) is 0. The zero-order valence-electron chi connectivity index (χ0n) is 13.6. The van der Waals surface area contributed by atoms with Crippen molar-refractivity contribution in [2.45, 2.75) is 26.2 Å². The molecule has 0 atom stereocenters. The Balaban J connectivity index is 2.47. The van der Waals surface area contributed by atoms with E-state index in [1.165, 1.54) is 7.11 Å². The fraction of sp³-hybridized carbons (Fsp3) is 0.625. The maximum absolute atomic E-state index is 12.3. The first kappa shape index (κ1) is 15.8. The van der Waals surface area contributed by atoms with Crippen LogP contribution in [-0.2, 0) is 10.2 Å². The van der Waals surface area contributed by atoms with E-state index in [0.717, 1.165) is 37.6 Å². The van der Waals surface area contributed by atoms with Gasteiger partial charge in [0.15, 0.2) is 0 Å². The predicted molar refractivity (Wildman–Crippen MR) is 84.0 cm³/mol. The summed E-state index contributed by atoms with van der Waals surface area (Å²) in [7, 11) is 3.54. The van der Waals surface area contributed by atoms with Gasteiger partial charge in [-0.2, -0.15) is 0 Å². The van der Waals surface area contributed by atoms with Crippen LogP contribution >= 0.6 is 0 Å². The molecule has 1 saturated heterocycles. The Hall–Kier alpha value is -1.62. The number of anilines is 1. The molecule has 5 heteroatoms. The van der Waals surface area contributed by atoms with Crippen LogP contribution in [0.5, 0.6) is 0 Å². The lowest BCUT2D eigenvalue weighted by Crippen LogP contribution is -2.45. The molecule has 2 rings (SSSR count). The number of piperazine rings is 1. The van der Waals surface area contributed by atoms with Crippen LogP contribution in [0.1, 0.15) is 36.8 Å². The molecule has 116 valence electrons. The lowest BCUT2D eigenvalue weighted by Gasteiger charge is -2.35. The monoisotopic (exact) mass is 291 g/mol. The van der Waals surface area contributed by atoms with Gasteiger partial charge in [0, 0.05) is 37.8 Å². The molecule has 2 heterocycles. The summed E-state index contributed by atoms with van der Waals surface area (Å²) in [6.07, 6.45) is 1.79. The summed E-state index contributed by atoms with van der Waals surface area (Å²) >= 11 is 0. The number of nitrogens with zero attached hydrogens (tertiary/aromatic N) is 3. The lowest BCUT2D eigenvalue weighted by atomic mass is 9.87. The van der Waals surface area contributed by atoms with Crippen LogP contribution in [0.2, 0.25) is 0 Å². The average Bonchev–Trinajstić information content (AvgIpc) is 2.45. The Bertz CT molecular complexity index is 515. The van der Waals surface area contributed by atoms with Gasteiger partial charge in [0.1, 0.15) is 5.56 Å². The number of aromatic nitrogens is 1. The van der Waals surface area contributed by atoms with Gasteiger partial charge in [0.2, 0.25) is 0 Å². The molecule has 21 heavy (non-hydrogen) atoms. The third-order valence-corrected chi connectivity index (χ3v) is 3.87. The summed E-state index contributed by atoms with van der Waals surface area (Å²) in [4.78, 5) is 21.3. The molecule has 1 aliphatic rings. The van der Waals surface area contributed by atoms with E-state index in [4.69, 9.17) is 4.74 Å². The number of hydrogen-bond acceptors (Lipinski definition) is 5. The van der Waals surface area contributed by atoms with E-state index in [2.05, 4.69) is 42.6 Å². The van der Waals surface area contributed by atoms with Crippen LogP contribution in [0.4, 0.5) is 5.69 Å². The van der Waals surface area contributed by atoms with Crippen LogP contribution < -0.4 is 4.90 Å². The van der Waals surface area contributed by atoms with Crippen molar-refractivity contribution in [3.05, 3.63) is 23.5 Å². The zero-order valence-corrected chi connectivity index (χ0v) is 13.6. The quantitative estimate of drug-likeness (QED) is 0.779. The maximum atomic E-state index is 12.3. The van der Waals surface area contributed by atoms with Gasteiger partial charge in [0.25, 0.3) is 0 Å². The summed E-state index contributed by atoms with van der Waals surface area (Å²) < 4.78 is 5.01. The minimum absolute atomic E-state index is 0.202. The van der Waals surface area contributed by atoms with E-state index in [0.29, 0.717) is 5.56 Å². The number of esters is 1. The predicted octanol–water partition coefficient (Wildman–Crippen LogP) is 1.92. The largest absolute Gasteiger partial charge is 0.465 e. The minimum atomic E-state index is -0.304. The highest BCUT2D eigenvalue weighted by Gasteiger charge is 2.29. The molecule has 5 nitrogen and oxygen atoms in total. The molecule has 0 spiro atoms. The molecule has 0 radical (unpaired) electrons. The molecule has 0 aromatic carbocycles. The van der Waals surface area contributed by atoms with E-state index in [1.807, 2.05) is 6.07 Å². The van der Waals surface area contributed by atoms with Crippen LogP contribution in [0.3, 0.4) is 0 Å². The number of likely N-dealkylation sites (N-methyl/N-ethyl adjacent to an activating group) is 1. The molecule has 0 unspecified atom stereocenters. The Labute approximate surface area is 126 Å². The Morgan fingerprint density at radius 3 is 2.38 bits per heavy atom. The lowest BCUT2D eigenvalue weighted by molar-refractivity contribution is 0.0597. The summed E-state index contributed by atoms with van der Waals surface area (Å²) in [6.45, 7) is 10.0. The van der Waals surface area contributed by atoms with Crippen molar-refractivity contribution in [2.24, 2.45) is 0 Å². The highest BCUT2D eigenvalue weighted by Crippen LogP contribution is 2.31. The smallest absolute Gasteiger partial charge is 0.341 e. The number of carbonyl (C=O) groups excluding carboxylic acids is 1. The van der Waals surface area contributed by atoms with E-state index < -0.39 is 0 Å². The minimum Gasteiger partial charge on any atom is -0.465 e. The van der Waals surface area contributed by atoms with Gasteiger partial charge in [0.05, 0.1) is 18.5 Å². The molecule has 0 aliphatic carbocycles. The van der Waals surface area contributed by atoms with Crippen LogP contribution in [-0.4, -0.2) is 56.2 Å². The van der Waals surface area contributed by atoms with Gasteiger partial charge in [-0.05, 0) is 13.1 Å². The fourth-order valence-corrected chi connectivity index (χ4v) is 2.63. The van der Waals surface area contributed by atoms with Crippen LogP contribution in [0.15, 0.2) is 12.3 Å². The summed E-state index contributed by atoms with van der Waals surface area (Å²) in [5.74, 6) is -0.304. The topological polar surface area (TPSA) is 45.7 Å². The van der Waals surface area contributed by atoms with E-state index in [1.54, 1.807) is 6.20 Å². The van der Waals surface area contributed by atoms with Crippen molar-refractivity contribution in [3.63, 3.8) is 0 Å². The van der Waals surface area contributed by atoms with Crippen LogP contribution in [0.25, 0.3) is 0 Å². The third-order valence-electron chi connectivity index (χ3n) is 3.87. The first-order valence-corrected chi connectivity index (χ1v) is 7.36. The average molecular weight is 291 g/mol. The number of methoxy groups -OCH3 is 1. The molecule has 1 aromatic rings.